The van der Waals surface area contributed by atoms with Gasteiger partial charge >= 0.3 is 39.5 Å². The van der Waals surface area contributed by atoms with Gasteiger partial charge in [0.25, 0.3) is 0 Å². The molecule has 3 N–H and O–H groups in total. The molecular formula is C83H146O17P2. The Morgan fingerprint density at radius 1 is 0.284 bits per heavy atom. The molecule has 0 bridgehead atoms. The zero-order chi connectivity index (χ0) is 74.6. The van der Waals surface area contributed by atoms with Crippen molar-refractivity contribution in [1.82, 2.24) is 0 Å². The molecule has 0 aromatic rings. The Kier molecular flexibility index (Phi) is 72.3. The Balaban J connectivity index is 5.35. The molecule has 0 spiro atoms. The van der Waals surface area contributed by atoms with E-state index in [-0.39, 0.29) is 25.7 Å². The lowest BCUT2D eigenvalue weighted by Crippen LogP contribution is -2.30. The van der Waals surface area contributed by atoms with Gasteiger partial charge in [-0.05, 0) is 122 Å². The molecule has 0 radical (unpaired) electrons. The van der Waals surface area contributed by atoms with Crippen LogP contribution in [0.3, 0.4) is 0 Å². The summed E-state index contributed by atoms with van der Waals surface area (Å²) in [4.78, 5) is 73.0. The number of hydrogen-bond acceptors (Lipinski definition) is 15. The molecule has 0 amide bonds. The van der Waals surface area contributed by atoms with Gasteiger partial charge in [-0.1, -0.05) is 298 Å². The first-order valence-electron chi connectivity index (χ1n) is 40.5. The molecule has 5 atom stereocenters. The van der Waals surface area contributed by atoms with Gasteiger partial charge in [0.2, 0.25) is 0 Å². The summed E-state index contributed by atoms with van der Waals surface area (Å²) in [6, 6.07) is 0. The van der Waals surface area contributed by atoms with Crippen LogP contribution in [0.25, 0.3) is 0 Å². The van der Waals surface area contributed by atoms with E-state index >= 15 is 0 Å². The van der Waals surface area contributed by atoms with Gasteiger partial charge in [-0.25, -0.2) is 9.13 Å². The lowest BCUT2D eigenvalue weighted by atomic mass is 10.0. The van der Waals surface area contributed by atoms with E-state index in [9.17, 15) is 43.2 Å². The second kappa shape index (κ2) is 75.2. The predicted molar refractivity (Wildman–Crippen MR) is 418 cm³/mol. The number of unbranched alkanes of at least 4 members (excludes halogenated alkanes) is 34. The fourth-order valence-corrected chi connectivity index (χ4v) is 12.4. The normalized spacial score (nSPS) is 14.4. The van der Waals surface area contributed by atoms with Crippen molar-refractivity contribution in [3.8, 4) is 0 Å². The van der Waals surface area contributed by atoms with E-state index in [1.165, 1.54) is 83.5 Å². The van der Waals surface area contributed by atoms with Gasteiger partial charge in [-0.3, -0.25) is 37.3 Å². The van der Waals surface area contributed by atoms with Crippen LogP contribution >= 0.6 is 15.6 Å². The molecule has 102 heavy (non-hydrogen) atoms. The highest BCUT2D eigenvalue weighted by Gasteiger charge is 2.30. The third-order valence-electron chi connectivity index (χ3n) is 17.0. The summed E-state index contributed by atoms with van der Waals surface area (Å²) in [6.45, 7) is 4.68. The largest absolute Gasteiger partial charge is 0.472 e. The number of carbonyl (C=O) groups is 4. The Morgan fingerprint density at radius 2 is 0.529 bits per heavy atom. The summed E-state index contributed by atoms with van der Waals surface area (Å²) in [5.74, 6) is -2.20. The Morgan fingerprint density at radius 3 is 0.843 bits per heavy atom. The number of allylic oxidation sites excluding steroid dienone is 16. The molecule has 590 valence electrons. The van der Waals surface area contributed by atoms with Gasteiger partial charge in [0.05, 0.1) is 26.4 Å². The summed E-state index contributed by atoms with van der Waals surface area (Å²) < 4.78 is 68.6. The smallest absolute Gasteiger partial charge is 0.462 e. The van der Waals surface area contributed by atoms with E-state index in [4.69, 9.17) is 37.0 Å². The highest BCUT2D eigenvalue weighted by atomic mass is 31.2. The number of ether oxygens (including phenoxy) is 4. The van der Waals surface area contributed by atoms with Crippen molar-refractivity contribution in [3.63, 3.8) is 0 Å². The zero-order valence-electron chi connectivity index (χ0n) is 64.5. The first-order chi connectivity index (χ1) is 49.7. The lowest BCUT2D eigenvalue weighted by Gasteiger charge is -2.21. The molecule has 0 heterocycles. The topological polar surface area (TPSA) is 237 Å². The number of hydrogen-bond donors (Lipinski definition) is 3. The number of phosphoric ester groups is 2. The predicted octanol–water partition coefficient (Wildman–Crippen LogP) is 23.6. The van der Waals surface area contributed by atoms with Crippen LogP contribution in [0, 0.1) is 0 Å². The maximum absolute atomic E-state index is 13.1. The van der Waals surface area contributed by atoms with E-state index in [0.717, 1.165) is 186 Å². The molecule has 17 nitrogen and oxygen atoms in total. The fourth-order valence-electron chi connectivity index (χ4n) is 10.9. The number of esters is 4. The van der Waals surface area contributed by atoms with Gasteiger partial charge < -0.3 is 33.8 Å². The quantitative estimate of drug-likeness (QED) is 0.0169. The van der Waals surface area contributed by atoms with Gasteiger partial charge in [0, 0.05) is 25.7 Å². The van der Waals surface area contributed by atoms with E-state index in [1.54, 1.807) is 0 Å². The highest BCUT2D eigenvalue weighted by Crippen LogP contribution is 2.45. The van der Waals surface area contributed by atoms with Crippen LogP contribution in [0.5, 0.6) is 0 Å². The monoisotopic (exact) mass is 1480 g/mol. The number of phosphoric acid groups is 2. The van der Waals surface area contributed by atoms with E-state index < -0.39 is 97.5 Å². The van der Waals surface area contributed by atoms with Gasteiger partial charge in [0.15, 0.2) is 12.2 Å². The van der Waals surface area contributed by atoms with Crippen LogP contribution in [0.15, 0.2) is 97.2 Å². The van der Waals surface area contributed by atoms with Gasteiger partial charge in [0.1, 0.15) is 19.3 Å². The lowest BCUT2D eigenvalue weighted by molar-refractivity contribution is -0.161. The molecule has 0 aliphatic rings. The van der Waals surface area contributed by atoms with Crippen molar-refractivity contribution in [3.05, 3.63) is 97.2 Å². The maximum Gasteiger partial charge on any atom is 0.472 e. The van der Waals surface area contributed by atoms with Crippen molar-refractivity contribution < 1.29 is 80.2 Å². The molecule has 0 aliphatic carbocycles. The summed E-state index contributed by atoms with van der Waals surface area (Å²) in [5, 5.41) is 10.6. The third kappa shape index (κ3) is 74.3. The van der Waals surface area contributed by atoms with Gasteiger partial charge in [-0.2, -0.15) is 0 Å². The van der Waals surface area contributed by atoms with Crippen LogP contribution in [0.2, 0.25) is 0 Å². The number of rotatable bonds is 76. The van der Waals surface area contributed by atoms with E-state index in [0.29, 0.717) is 25.7 Å². The molecule has 5 unspecified atom stereocenters. The summed E-state index contributed by atoms with van der Waals surface area (Å²) >= 11 is 0. The Bertz CT molecular complexity index is 2310. The SMILES string of the molecule is CC/C=C\C/C=C\C/C=C\C/C=C\CCCCCCCCC(=O)OCC(COP(=O)(O)OCC(O)COP(=O)(O)OCC(COC(=O)CCCCCCC/C=C\C/C=C\CCCCC)OC(=O)CCCCCCC/C=C\C/C=C\CCC)OC(=O)CCCCCCCCCCCCCCCCC. The van der Waals surface area contributed by atoms with E-state index in [2.05, 4.69) is 125 Å². The maximum atomic E-state index is 13.1. The van der Waals surface area contributed by atoms with Crippen LogP contribution in [0.4, 0.5) is 0 Å². The molecule has 19 heteroatoms. The molecule has 0 aliphatic heterocycles. The summed E-state index contributed by atoms with van der Waals surface area (Å²) in [5.41, 5.74) is 0. The minimum absolute atomic E-state index is 0.0764. The van der Waals surface area contributed by atoms with Gasteiger partial charge in [-0.15, -0.1) is 0 Å². The van der Waals surface area contributed by atoms with Crippen molar-refractivity contribution in [2.75, 3.05) is 39.6 Å². The van der Waals surface area contributed by atoms with Crippen LogP contribution < -0.4 is 0 Å². The summed E-state index contributed by atoms with van der Waals surface area (Å²) in [7, 11) is -9.96. The summed E-state index contributed by atoms with van der Waals surface area (Å²) in [6.07, 6.45) is 79.5. The minimum Gasteiger partial charge on any atom is -0.462 e. The Hall–Kier alpha value is -4.02. The Labute approximate surface area is 620 Å². The zero-order valence-corrected chi connectivity index (χ0v) is 66.3. The van der Waals surface area contributed by atoms with Crippen LogP contribution in [0.1, 0.15) is 349 Å². The molecule has 0 aromatic heterocycles. The molecule has 0 aromatic carbocycles. The second-order valence-electron chi connectivity index (χ2n) is 27.0. The molecule has 0 rings (SSSR count). The minimum atomic E-state index is -4.98. The van der Waals surface area contributed by atoms with Crippen molar-refractivity contribution >= 4 is 39.5 Å². The average Bonchev–Trinajstić information content (AvgIpc) is 0.924. The standard InChI is InChI=1S/C83H146O17P2/c1-5-9-13-17-21-25-29-33-36-37-38-39-42-45-48-52-56-60-64-68-81(86)94-74-79(100-83(88)70-66-62-58-54-50-46-41-35-31-27-23-19-15-11-7-3)76-98-102(91,92)96-72-77(84)71-95-101(89,90)97-75-78(99-82(87)69-65-61-57-53-49-43-32-28-24-20-16-12-8-4)73-93-80(85)67-63-59-55-51-47-44-40-34-30-26-22-18-14-10-6-2/h9,13,16,20-22,25-26,28,32-34,36,38-40,77-79,84H,5-8,10-12,14-15,17-19,23-24,27,29-31,35,37,41-76H2,1-4H3,(H,89,90)(H,91,92)/b13-9-,20-16-,25-21-,26-22-,32-28-,36-33-,39-38-,40-34-. The molecule has 0 fully saturated rings. The fraction of sp³-hybridized carbons (Fsp3) is 0.759. The second-order valence-corrected chi connectivity index (χ2v) is 29.9. The van der Waals surface area contributed by atoms with Crippen molar-refractivity contribution in [1.29, 1.82) is 0 Å². The van der Waals surface area contributed by atoms with Crippen molar-refractivity contribution in [2.24, 2.45) is 0 Å². The van der Waals surface area contributed by atoms with E-state index in [1.807, 2.05) is 0 Å². The molecule has 0 saturated heterocycles. The molecular weight excluding hydrogens is 1330 g/mol. The van der Waals surface area contributed by atoms with Crippen LogP contribution in [-0.2, 0) is 65.4 Å². The van der Waals surface area contributed by atoms with Crippen LogP contribution in [-0.4, -0.2) is 96.7 Å². The highest BCUT2D eigenvalue weighted by molar-refractivity contribution is 7.47. The first kappa shape index (κ1) is 98.0. The first-order valence-corrected chi connectivity index (χ1v) is 43.5. The number of carbonyl (C=O) groups excluding carboxylic acids is 4. The average molecular weight is 1480 g/mol. The van der Waals surface area contributed by atoms with Crippen molar-refractivity contribution in [2.45, 2.75) is 367 Å². The number of aliphatic hydroxyl groups excluding tert-OH is 1. The molecule has 0 saturated carbocycles. The third-order valence-corrected chi connectivity index (χ3v) is 18.9. The number of aliphatic hydroxyl groups is 1.